The van der Waals surface area contributed by atoms with Crippen LogP contribution in [0, 0.1) is 6.92 Å². The van der Waals surface area contributed by atoms with Crippen molar-refractivity contribution in [3.63, 3.8) is 0 Å². The van der Waals surface area contributed by atoms with Gasteiger partial charge in [-0.3, -0.25) is 14.7 Å². The molecule has 1 unspecified atom stereocenters. The van der Waals surface area contributed by atoms with E-state index >= 15 is 0 Å². The number of carboxylic acid groups (broad SMARTS) is 2. The second kappa shape index (κ2) is 12.6. The third-order valence-corrected chi connectivity index (χ3v) is 6.87. The number of aryl methyl sites for hydroxylation is 1. The lowest BCUT2D eigenvalue weighted by Gasteiger charge is -2.39. The fraction of sp³-hybridized carbons (Fsp3) is 0.478. The van der Waals surface area contributed by atoms with Gasteiger partial charge in [-0.25, -0.2) is 9.59 Å². The van der Waals surface area contributed by atoms with E-state index < -0.39 is 24.3 Å². The number of carboxylic acids is 2. The highest BCUT2D eigenvalue weighted by molar-refractivity contribution is 7.11. The zero-order valence-corrected chi connectivity index (χ0v) is 20.8. The third-order valence-electron chi connectivity index (χ3n) is 5.88. The van der Waals surface area contributed by atoms with Crippen LogP contribution in [-0.4, -0.2) is 68.9 Å². The molecule has 0 aromatic carbocycles. The van der Waals surface area contributed by atoms with E-state index in [0.717, 1.165) is 44.5 Å². The molecule has 2 aromatic rings. The average molecular weight is 570 g/mol. The highest BCUT2D eigenvalue weighted by atomic mass is 32.1. The normalized spacial score (nSPS) is 19.0. The number of rotatable bonds is 3. The van der Waals surface area contributed by atoms with Crippen molar-refractivity contribution in [2.45, 2.75) is 56.5 Å². The Kier molecular flexibility index (Phi) is 10.3. The third kappa shape index (κ3) is 9.28. The van der Waals surface area contributed by atoms with Crippen LogP contribution in [0.15, 0.2) is 36.7 Å². The number of alkyl halides is 6. The number of nitrogens with zero attached hydrogens (tertiary/aromatic N) is 2. The monoisotopic (exact) mass is 569 g/mol. The Labute approximate surface area is 217 Å². The van der Waals surface area contributed by atoms with Crippen LogP contribution in [0.2, 0.25) is 0 Å². The van der Waals surface area contributed by atoms with Gasteiger partial charge in [0.25, 0.3) is 0 Å². The Morgan fingerprint density at radius 3 is 1.95 bits per heavy atom. The number of amides is 1. The quantitative estimate of drug-likeness (QED) is 0.470. The first-order chi connectivity index (χ1) is 17.5. The highest BCUT2D eigenvalue weighted by Crippen LogP contribution is 2.39. The molecule has 38 heavy (non-hydrogen) atoms. The molecule has 2 fully saturated rings. The molecule has 0 saturated carbocycles. The number of thiophene rings is 1. The zero-order valence-electron chi connectivity index (χ0n) is 20.0. The molecule has 15 heteroatoms. The number of halogens is 6. The molecule has 210 valence electrons. The summed E-state index contributed by atoms with van der Waals surface area (Å²) in [5.41, 5.74) is 1.09. The van der Waals surface area contributed by atoms with Crippen molar-refractivity contribution in [2.75, 3.05) is 13.1 Å². The van der Waals surface area contributed by atoms with Gasteiger partial charge >= 0.3 is 24.3 Å². The van der Waals surface area contributed by atoms with Crippen molar-refractivity contribution in [1.82, 2.24) is 15.2 Å². The first kappa shape index (κ1) is 31.0. The smallest absolute Gasteiger partial charge is 0.475 e. The number of carbonyl (C=O) groups is 3. The van der Waals surface area contributed by atoms with Crippen LogP contribution in [0.4, 0.5) is 26.3 Å². The van der Waals surface area contributed by atoms with Gasteiger partial charge in [-0.1, -0.05) is 0 Å². The second-order valence-corrected chi connectivity index (χ2v) is 10.1. The van der Waals surface area contributed by atoms with Gasteiger partial charge in [-0.05, 0) is 56.0 Å². The summed E-state index contributed by atoms with van der Waals surface area (Å²) in [6.45, 7) is 5.31. The standard InChI is InChI=1S/C19H23N3OS.2C2HF3O2/c1-14-2-3-16(24-14)13-22-10-6-19(7-11-22)12-17(18(23)21-19)15-4-8-20-9-5-15;2*3-2(4,5)1(6)7/h2-5,8-9,17H,6-7,10-13H2,1H3,(H,21,23);2*(H,6,7). The Morgan fingerprint density at radius 1 is 1.03 bits per heavy atom. The predicted molar refractivity (Wildman–Crippen MR) is 123 cm³/mol. The molecule has 4 rings (SSSR count). The molecule has 2 aromatic heterocycles. The van der Waals surface area contributed by atoms with E-state index in [4.69, 9.17) is 19.8 Å². The topological polar surface area (TPSA) is 120 Å². The number of carbonyl (C=O) groups excluding carboxylic acids is 1. The first-order valence-electron chi connectivity index (χ1n) is 11.1. The lowest BCUT2D eigenvalue weighted by Crippen LogP contribution is -2.50. The van der Waals surface area contributed by atoms with Gasteiger partial charge in [0.2, 0.25) is 5.91 Å². The first-order valence-corrected chi connectivity index (χ1v) is 11.9. The molecule has 2 aliphatic rings. The average Bonchev–Trinajstić information content (AvgIpc) is 3.38. The van der Waals surface area contributed by atoms with E-state index in [1.54, 1.807) is 12.4 Å². The molecule has 1 spiro atoms. The molecule has 2 saturated heterocycles. The minimum Gasteiger partial charge on any atom is -0.475 e. The lowest BCUT2D eigenvalue weighted by molar-refractivity contribution is -0.193. The van der Waals surface area contributed by atoms with Gasteiger partial charge in [0.15, 0.2) is 0 Å². The maximum Gasteiger partial charge on any atom is 0.490 e. The SMILES string of the molecule is Cc1ccc(CN2CCC3(CC2)CC(c2ccncc2)C(=O)N3)s1.O=C(O)C(F)(F)F.O=C(O)C(F)(F)F. The largest absolute Gasteiger partial charge is 0.490 e. The van der Waals surface area contributed by atoms with Crippen molar-refractivity contribution in [3.05, 3.63) is 52.0 Å². The van der Waals surface area contributed by atoms with Gasteiger partial charge in [0.1, 0.15) is 0 Å². The number of hydrogen-bond acceptors (Lipinski definition) is 6. The van der Waals surface area contributed by atoms with E-state index in [1.807, 2.05) is 23.5 Å². The van der Waals surface area contributed by atoms with E-state index in [9.17, 15) is 31.1 Å². The summed E-state index contributed by atoms with van der Waals surface area (Å²) in [7, 11) is 0. The van der Waals surface area contributed by atoms with Crippen LogP contribution < -0.4 is 5.32 Å². The van der Waals surface area contributed by atoms with E-state index in [-0.39, 0.29) is 17.4 Å². The molecule has 4 heterocycles. The molecule has 8 nitrogen and oxygen atoms in total. The number of hydrogen-bond donors (Lipinski definition) is 3. The van der Waals surface area contributed by atoms with Crippen molar-refractivity contribution < 1.29 is 50.9 Å². The van der Waals surface area contributed by atoms with Crippen LogP contribution >= 0.6 is 11.3 Å². The van der Waals surface area contributed by atoms with E-state index in [0.29, 0.717) is 0 Å². The number of nitrogens with one attached hydrogen (secondary N) is 1. The van der Waals surface area contributed by atoms with Gasteiger partial charge in [-0.15, -0.1) is 11.3 Å². The van der Waals surface area contributed by atoms with E-state index in [2.05, 4.69) is 34.3 Å². The summed E-state index contributed by atoms with van der Waals surface area (Å²) in [5, 5.41) is 17.6. The fourth-order valence-electron chi connectivity index (χ4n) is 4.01. The Balaban J connectivity index is 0.000000301. The van der Waals surface area contributed by atoms with Gasteiger partial charge in [0.05, 0.1) is 5.92 Å². The summed E-state index contributed by atoms with van der Waals surface area (Å²) < 4.78 is 63.5. The molecule has 1 amide bonds. The van der Waals surface area contributed by atoms with E-state index in [1.165, 1.54) is 9.75 Å². The van der Waals surface area contributed by atoms with Crippen molar-refractivity contribution in [3.8, 4) is 0 Å². The predicted octanol–water partition coefficient (Wildman–Crippen LogP) is 4.36. The fourth-order valence-corrected chi connectivity index (χ4v) is 4.94. The summed E-state index contributed by atoms with van der Waals surface area (Å²) in [6.07, 6.45) is -3.60. The zero-order chi connectivity index (χ0) is 28.7. The Morgan fingerprint density at radius 2 is 1.53 bits per heavy atom. The van der Waals surface area contributed by atoms with Crippen LogP contribution in [0.25, 0.3) is 0 Å². The van der Waals surface area contributed by atoms with Crippen LogP contribution in [0.1, 0.15) is 40.5 Å². The molecule has 3 N–H and O–H groups in total. The lowest BCUT2D eigenvalue weighted by atomic mass is 9.82. The molecule has 0 bridgehead atoms. The van der Waals surface area contributed by atoms with Gasteiger partial charge in [-0.2, -0.15) is 26.3 Å². The minimum absolute atomic E-state index is 0.00706. The molecule has 1 atom stereocenters. The van der Waals surface area contributed by atoms with Gasteiger partial charge in [0, 0.05) is 47.3 Å². The van der Waals surface area contributed by atoms with Gasteiger partial charge < -0.3 is 15.5 Å². The number of likely N-dealkylation sites (tertiary alicyclic amines) is 1. The number of aliphatic carboxylic acids is 2. The summed E-state index contributed by atoms with van der Waals surface area (Å²) in [5.74, 6) is -5.34. The number of piperidine rings is 1. The Bertz CT molecular complexity index is 1070. The van der Waals surface area contributed by atoms with Crippen LogP contribution in [0.5, 0.6) is 0 Å². The molecular formula is C23H25F6N3O5S. The second-order valence-electron chi connectivity index (χ2n) is 8.70. The van der Waals surface area contributed by atoms with Crippen molar-refractivity contribution in [2.24, 2.45) is 0 Å². The van der Waals surface area contributed by atoms with Crippen molar-refractivity contribution in [1.29, 1.82) is 0 Å². The van der Waals surface area contributed by atoms with Crippen LogP contribution in [0.3, 0.4) is 0 Å². The number of aromatic nitrogens is 1. The molecule has 0 aliphatic carbocycles. The maximum atomic E-state index is 12.5. The summed E-state index contributed by atoms with van der Waals surface area (Å²) in [6, 6.07) is 8.37. The van der Waals surface area contributed by atoms with Crippen LogP contribution in [-0.2, 0) is 20.9 Å². The number of pyridine rings is 1. The summed E-state index contributed by atoms with van der Waals surface area (Å²) in [4.78, 5) is 39.7. The Hall–Kier alpha value is -3.20. The molecule has 2 aliphatic heterocycles. The highest BCUT2D eigenvalue weighted by Gasteiger charge is 2.46. The van der Waals surface area contributed by atoms with Crippen molar-refractivity contribution >= 4 is 29.2 Å². The molecular weight excluding hydrogens is 544 g/mol. The minimum atomic E-state index is -5.08. The molecule has 0 radical (unpaired) electrons. The summed E-state index contributed by atoms with van der Waals surface area (Å²) >= 11 is 1.89. The maximum absolute atomic E-state index is 12.5.